The van der Waals surface area contributed by atoms with Gasteiger partial charge in [0, 0.05) is 19.7 Å². The van der Waals surface area contributed by atoms with Crippen LogP contribution in [0.2, 0.25) is 0 Å². The molecular formula is C21H27NO7. The van der Waals surface area contributed by atoms with Crippen molar-refractivity contribution in [2.75, 3.05) is 26.9 Å². The summed E-state index contributed by atoms with van der Waals surface area (Å²) in [6, 6.07) is 18.3. The van der Waals surface area contributed by atoms with Crippen molar-refractivity contribution in [3.8, 4) is 16.9 Å². The Bertz CT molecular complexity index is 722. The number of carboxylic acids is 2. The highest BCUT2D eigenvalue weighted by molar-refractivity contribution is 6.27. The van der Waals surface area contributed by atoms with Crippen molar-refractivity contribution >= 4 is 11.9 Å². The van der Waals surface area contributed by atoms with Crippen LogP contribution >= 0.6 is 0 Å². The molecular weight excluding hydrogens is 378 g/mol. The number of hydrogen-bond donors (Lipinski definition) is 4. The highest BCUT2D eigenvalue weighted by Crippen LogP contribution is 2.22. The van der Waals surface area contributed by atoms with E-state index < -0.39 is 18.0 Å². The third-order valence-electron chi connectivity index (χ3n) is 3.71. The average Bonchev–Trinajstić information content (AvgIpc) is 2.72. The molecule has 8 heteroatoms. The largest absolute Gasteiger partial charge is 0.491 e. The van der Waals surface area contributed by atoms with E-state index in [1.165, 1.54) is 5.56 Å². The van der Waals surface area contributed by atoms with E-state index in [9.17, 15) is 5.11 Å². The fourth-order valence-corrected chi connectivity index (χ4v) is 2.27. The molecule has 8 nitrogen and oxygen atoms in total. The van der Waals surface area contributed by atoms with Gasteiger partial charge in [0.25, 0.3) is 0 Å². The Balaban J connectivity index is 0.000000612. The van der Waals surface area contributed by atoms with Gasteiger partial charge in [0.2, 0.25) is 0 Å². The van der Waals surface area contributed by atoms with Crippen molar-refractivity contribution in [3.05, 3.63) is 54.6 Å². The fraction of sp³-hybridized carbons (Fsp3) is 0.333. The number of carboxylic acid groups (broad SMARTS) is 2. The molecule has 0 fully saturated rings. The number of aliphatic hydroxyl groups excluding tert-OH is 1. The van der Waals surface area contributed by atoms with Crippen LogP contribution in [0.5, 0.6) is 5.75 Å². The predicted molar refractivity (Wildman–Crippen MR) is 108 cm³/mol. The smallest absolute Gasteiger partial charge is 0.414 e. The van der Waals surface area contributed by atoms with Crippen LogP contribution in [0.4, 0.5) is 0 Å². The number of ether oxygens (including phenoxy) is 2. The Morgan fingerprint density at radius 2 is 1.48 bits per heavy atom. The van der Waals surface area contributed by atoms with Gasteiger partial charge in [-0.25, -0.2) is 9.59 Å². The molecule has 4 N–H and O–H groups in total. The summed E-state index contributed by atoms with van der Waals surface area (Å²) in [7, 11) is 1.66. The first kappa shape index (κ1) is 24.1. The molecule has 2 atom stereocenters. The number of nitrogens with one attached hydrogen (secondary N) is 1. The van der Waals surface area contributed by atoms with E-state index in [1.54, 1.807) is 7.11 Å². The molecule has 0 spiro atoms. The summed E-state index contributed by atoms with van der Waals surface area (Å²) < 4.78 is 10.7. The van der Waals surface area contributed by atoms with Crippen LogP contribution in [0.1, 0.15) is 6.92 Å². The predicted octanol–water partition coefficient (Wildman–Crippen LogP) is 1.87. The molecule has 2 rings (SSSR count). The second-order valence-electron chi connectivity index (χ2n) is 6.23. The van der Waals surface area contributed by atoms with Crippen molar-refractivity contribution in [2.24, 2.45) is 0 Å². The van der Waals surface area contributed by atoms with Gasteiger partial charge in [-0.15, -0.1) is 0 Å². The van der Waals surface area contributed by atoms with Crippen molar-refractivity contribution in [2.45, 2.75) is 19.1 Å². The van der Waals surface area contributed by atoms with E-state index in [1.807, 2.05) is 49.4 Å². The van der Waals surface area contributed by atoms with Gasteiger partial charge in [-0.1, -0.05) is 42.5 Å². The summed E-state index contributed by atoms with van der Waals surface area (Å²) in [6.07, 6.45) is -0.553. The fourth-order valence-electron chi connectivity index (χ4n) is 2.27. The molecule has 2 unspecified atom stereocenters. The number of carbonyl (C=O) groups is 2. The van der Waals surface area contributed by atoms with Gasteiger partial charge < -0.3 is 30.1 Å². The molecule has 0 heterocycles. The quantitative estimate of drug-likeness (QED) is 0.466. The van der Waals surface area contributed by atoms with Gasteiger partial charge >= 0.3 is 11.9 Å². The maximum absolute atomic E-state index is 9.93. The van der Waals surface area contributed by atoms with E-state index in [-0.39, 0.29) is 12.6 Å². The number of aliphatic carboxylic acids is 2. The lowest BCUT2D eigenvalue weighted by Crippen LogP contribution is -2.38. The van der Waals surface area contributed by atoms with Crippen molar-refractivity contribution < 1.29 is 34.4 Å². The Labute approximate surface area is 169 Å². The van der Waals surface area contributed by atoms with E-state index in [0.29, 0.717) is 13.2 Å². The van der Waals surface area contributed by atoms with Crippen molar-refractivity contribution in [1.82, 2.24) is 5.32 Å². The lowest BCUT2D eigenvalue weighted by molar-refractivity contribution is -0.159. The first-order valence-corrected chi connectivity index (χ1v) is 8.98. The minimum atomic E-state index is -1.82. The van der Waals surface area contributed by atoms with E-state index in [2.05, 4.69) is 17.4 Å². The summed E-state index contributed by atoms with van der Waals surface area (Å²) in [5.74, 6) is -2.89. The second kappa shape index (κ2) is 13.3. The summed E-state index contributed by atoms with van der Waals surface area (Å²) >= 11 is 0. The number of hydrogen-bond acceptors (Lipinski definition) is 6. The Kier molecular flexibility index (Phi) is 11.0. The third kappa shape index (κ3) is 10.2. The number of benzene rings is 2. The number of methoxy groups -OCH3 is 1. The maximum atomic E-state index is 9.93. The van der Waals surface area contributed by atoms with Crippen LogP contribution in [-0.4, -0.2) is 66.3 Å². The lowest BCUT2D eigenvalue weighted by atomic mass is 10.1. The van der Waals surface area contributed by atoms with E-state index in [0.717, 1.165) is 11.3 Å². The minimum Gasteiger partial charge on any atom is -0.491 e. The zero-order chi connectivity index (χ0) is 21.6. The molecule has 0 aromatic heterocycles. The van der Waals surface area contributed by atoms with E-state index in [4.69, 9.17) is 29.3 Å². The zero-order valence-electron chi connectivity index (χ0n) is 16.4. The topological polar surface area (TPSA) is 125 Å². The van der Waals surface area contributed by atoms with Crippen LogP contribution in [-0.2, 0) is 14.3 Å². The maximum Gasteiger partial charge on any atom is 0.414 e. The normalized spacial score (nSPS) is 12.2. The molecule has 0 aliphatic rings. The summed E-state index contributed by atoms with van der Waals surface area (Å²) in [5.41, 5.74) is 2.32. The highest BCUT2D eigenvalue weighted by atomic mass is 16.5. The van der Waals surface area contributed by atoms with Crippen LogP contribution in [0.3, 0.4) is 0 Å². The summed E-state index contributed by atoms with van der Waals surface area (Å²) in [5, 5.41) is 27.9. The SMILES string of the molecule is COCC(C)NCC(O)COc1ccc(-c2ccccc2)cc1.O=C(O)C(=O)O. The Hall–Kier alpha value is -2.94. The minimum absolute atomic E-state index is 0.208. The molecule has 0 aliphatic heterocycles. The van der Waals surface area contributed by atoms with Gasteiger partial charge in [0.05, 0.1) is 6.61 Å². The standard InChI is InChI=1S/C19H25NO3.C2H2O4/c1-15(13-22-2)20-12-18(21)14-23-19-10-8-17(9-11-19)16-6-4-3-5-7-16;3-1(4)2(5)6/h3-11,15,18,20-21H,12-14H2,1-2H3;(H,3,4)(H,5,6). The molecule has 0 aliphatic carbocycles. The van der Waals surface area contributed by atoms with Crippen LogP contribution in [0, 0.1) is 0 Å². The monoisotopic (exact) mass is 405 g/mol. The second-order valence-corrected chi connectivity index (χ2v) is 6.23. The molecule has 0 bridgehead atoms. The van der Waals surface area contributed by atoms with Gasteiger partial charge in [-0.3, -0.25) is 0 Å². The van der Waals surface area contributed by atoms with Gasteiger partial charge in [-0.2, -0.15) is 0 Å². The van der Waals surface area contributed by atoms with Crippen molar-refractivity contribution in [3.63, 3.8) is 0 Å². The molecule has 29 heavy (non-hydrogen) atoms. The molecule has 2 aromatic rings. The first-order chi connectivity index (χ1) is 13.8. The molecule has 0 amide bonds. The molecule has 2 aromatic carbocycles. The number of aliphatic hydroxyl groups is 1. The third-order valence-corrected chi connectivity index (χ3v) is 3.71. The van der Waals surface area contributed by atoms with E-state index >= 15 is 0 Å². The molecule has 0 saturated heterocycles. The first-order valence-electron chi connectivity index (χ1n) is 8.98. The van der Waals surface area contributed by atoms with Crippen LogP contribution in [0.25, 0.3) is 11.1 Å². The highest BCUT2D eigenvalue weighted by Gasteiger charge is 2.08. The summed E-state index contributed by atoms with van der Waals surface area (Å²) in [4.78, 5) is 18.2. The van der Waals surface area contributed by atoms with Gasteiger partial charge in [0.1, 0.15) is 18.5 Å². The molecule has 0 radical (unpaired) electrons. The average molecular weight is 405 g/mol. The Morgan fingerprint density at radius 1 is 0.931 bits per heavy atom. The molecule has 158 valence electrons. The zero-order valence-corrected chi connectivity index (χ0v) is 16.4. The molecule has 0 saturated carbocycles. The Morgan fingerprint density at radius 3 is 2.00 bits per heavy atom. The number of rotatable bonds is 9. The van der Waals surface area contributed by atoms with Gasteiger partial charge in [0.15, 0.2) is 0 Å². The van der Waals surface area contributed by atoms with Gasteiger partial charge in [-0.05, 0) is 30.2 Å². The lowest BCUT2D eigenvalue weighted by Gasteiger charge is -2.17. The van der Waals surface area contributed by atoms with Crippen LogP contribution < -0.4 is 10.1 Å². The summed E-state index contributed by atoms with van der Waals surface area (Å²) in [6.45, 7) is 3.37. The van der Waals surface area contributed by atoms with Crippen molar-refractivity contribution in [1.29, 1.82) is 0 Å². The van der Waals surface area contributed by atoms with Crippen LogP contribution in [0.15, 0.2) is 54.6 Å².